The van der Waals surface area contributed by atoms with Crippen LogP contribution in [0.1, 0.15) is 47.1 Å². The second-order valence-corrected chi connectivity index (χ2v) is 7.01. The second-order valence-electron chi connectivity index (χ2n) is 5.99. The van der Waals surface area contributed by atoms with Gasteiger partial charge in [-0.2, -0.15) is 5.26 Å². The van der Waals surface area contributed by atoms with Gasteiger partial charge in [0.05, 0.1) is 25.4 Å². The van der Waals surface area contributed by atoms with Gasteiger partial charge >= 0.3 is 5.97 Å². The van der Waals surface area contributed by atoms with E-state index in [-0.39, 0.29) is 12.2 Å². The minimum Gasteiger partial charge on any atom is -0.490 e. The summed E-state index contributed by atoms with van der Waals surface area (Å²) in [6, 6.07) is 7.42. The molecule has 1 amide bonds. The molecule has 0 spiro atoms. The number of nitrogens with zero attached hydrogens (tertiary/aromatic N) is 1. The molecule has 8 heteroatoms. The van der Waals surface area contributed by atoms with E-state index in [1.54, 1.807) is 32.1 Å². The lowest BCUT2D eigenvalue weighted by atomic mass is 10.1. The van der Waals surface area contributed by atoms with Gasteiger partial charge in [-0.1, -0.05) is 6.07 Å². The summed E-state index contributed by atoms with van der Waals surface area (Å²) in [6.45, 7) is 8.38. The van der Waals surface area contributed by atoms with E-state index in [0.717, 1.165) is 16.9 Å². The minimum atomic E-state index is -0.509. The van der Waals surface area contributed by atoms with Gasteiger partial charge in [0.25, 0.3) is 0 Å². The van der Waals surface area contributed by atoms with E-state index >= 15 is 0 Å². The highest BCUT2D eigenvalue weighted by molar-refractivity contribution is 7.18. The van der Waals surface area contributed by atoms with Crippen molar-refractivity contribution in [2.75, 3.05) is 25.1 Å². The Kier molecular flexibility index (Phi) is 8.44. The molecule has 0 radical (unpaired) electrons. The number of benzene rings is 1. The van der Waals surface area contributed by atoms with Gasteiger partial charge in [-0.05, 0) is 57.0 Å². The molecule has 0 saturated carbocycles. The fourth-order valence-corrected chi connectivity index (χ4v) is 3.68. The van der Waals surface area contributed by atoms with Crippen molar-refractivity contribution in [1.29, 1.82) is 5.26 Å². The number of hydrogen-bond donors (Lipinski definition) is 1. The molecule has 0 aliphatic rings. The Bertz CT molecular complexity index is 988. The maximum atomic E-state index is 12.4. The summed E-state index contributed by atoms with van der Waals surface area (Å²) in [6.07, 6.45) is 2.98. The van der Waals surface area contributed by atoms with Crippen molar-refractivity contribution in [3.05, 3.63) is 45.8 Å². The summed E-state index contributed by atoms with van der Waals surface area (Å²) in [7, 11) is 0. The number of hydrogen-bond acceptors (Lipinski definition) is 7. The highest BCUT2D eigenvalue weighted by Gasteiger charge is 2.21. The first-order valence-electron chi connectivity index (χ1n) is 9.54. The lowest BCUT2D eigenvalue weighted by Gasteiger charge is -2.11. The summed E-state index contributed by atoms with van der Waals surface area (Å²) in [5.74, 6) is 0.308. The average molecular weight is 429 g/mol. The summed E-state index contributed by atoms with van der Waals surface area (Å²) in [5.41, 5.74) is 1.50. The van der Waals surface area contributed by atoms with E-state index in [1.807, 2.05) is 26.0 Å². The number of rotatable bonds is 9. The Morgan fingerprint density at radius 2 is 1.83 bits per heavy atom. The zero-order chi connectivity index (χ0) is 22.1. The number of carbonyl (C=O) groups excluding carboxylic acids is 2. The Morgan fingerprint density at radius 1 is 1.13 bits per heavy atom. The average Bonchev–Trinajstić information content (AvgIpc) is 3.03. The summed E-state index contributed by atoms with van der Waals surface area (Å²) < 4.78 is 16.1. The smallest absolute Gasteiger partial charge is 0.348 e. The van der Waals surface area contributed by atoms with Gasteiger partial charge in [0.1, 0.15) is 15.9 Å². The molecule has 30 heavy (non-hydrogen) atoms. The van der Waals surface area contributed by atoms with Gasteiger partial charge in [-0.15, -0.1) is 11.3 Å². The first-order valence-corrected chi connectivity index (χ1v) is 10.4. The number of amides is 1. The van der Waals surface area contributed by atoms with Crippen LogP contribution >= 0.6 is 11.3 Å². The largest absolute Gasteiger partial charge is 0.490 e. The SMILES string of the molecule is CCOC(=O)c1sc(NC(=O)C=Cc2ccc(OCC)c(OCC)c2)c(C#N)c1C. The van der Waals surface area contributed by atoms with E-state index in [2.05, 4.69) is 5.32 Å². The molecule has 158 valence electrons. The van der Waals surface area contributed by atoms with Crippen molar-refractivity contribution in [2.24, 2.45) is 0 Å². The Labute approximate surface area is 179 Å². The lowest BCUT2D eigenvalue weighted by Crippen LogP contribution is -2.07. The molecular formula is C22H24N2O5S. The third kappa shape index (κ3) is 5.61. The van der Waals surface area contributed by atoms with Crippen LogP contribution in [0.4, 0.5) is 5.00 Å². The standard InChI is InChI=1S/C22H24N2O5S/c1-5-27-17-10-8-15(12-18(17)28-6-2)9-11-19(25)24-21-16(13-23)14(4)20(30-21)22(26)29-7-3/h8-12H,5-7H2,1-4H3,(H,24,25). The van der Waals surface area contributed by atoms with Crippen LogP contribution in [0.5, 0.6) is 11.5 Å². The second kappa shape index (κ2) is 11.0. The Morgan fingerprint density at radius 3 is 2.47 bits per heavy atom. The van der Waals surface area contributed by atoms with Gasteiger partial charge in [0, 0.05) is 6.08 Å². The molecule has 1 N–H and O–H groups in total. The molecule has 2 rings (SSSR count). The molecule has 0 aliphatic carbocycles. The fourth-order valence-electron chi connectivity index (χ4n) is 2.62. The van der Waals surface area contributed by atoms with Gasteiger partial charge < -0.3 is 19.5 Å². The van der Waals surface area contributed by atoms with Crippen LogP contribution in [-0.2, 0) is 9.53 Å². The normalized spacial score (nSPS) is 10.5. The van der Waals surface area contributed by atoms with E-state index < -0.39 is 11.9 Å². The van der Waals surface area contributed by atoms with Crippen LogP contribution in [0.3, 0.4) is 0 Å². The van der Waals surface area contributed by atoms with Crippen molar-refractivity contribution in [1.82, 2.24) is 0 Å². The Hall–Kier alpha value is -3.31. The minimum absolute atomic E-state index is 0.230. The third-order valence-corrected chi connectivity index (χ3v) is 5.14. The van der Waals surface area contributed by atoms with Crippen LogP contribution in [0.15, 0.2) is 24.3 Å². The van der Waals surface area contributed by atoms with E-state index in [4.69, 9.17) is 14.2 Å². The van der Waals surface area contributed by atoms with Gasteiger partial charge in [0.2, 0.25) is 5.91 Å². The van der Waals surface area contributed by atoms with Crippen LogP contribution in [0, 0.1) is 18.3 Å². The number of carbonyl (C=O) groups is 2. The van der Waals surface area contributed by atoms with Crippen LogP contribution in [0.25, 0.3) is 6.08 Å². The predicted molar refractivity (Wildman–Crippen MR) is 116 cm³/mol. The monoisotopic (exact) mass is 428 g/mol. The van der Waals surface area contributed by atoms with Crippen LogP contribution in [-0.4, -0.2) is 31.7 Å². The molecule has 0 unspecified atom stereocenters. The first-order chi connectivity index (χ1) is 14.4. The number of esters is 1. The Balaban J connectivity index is 2.18. The van der Waals surface area contributed by atoms with Crippen molar-refractivity contribution < 1.29 is 23.8 Å². The summed E-state index contributed by atoms with van der Waals surface area (Å²) in [4.78, 5) is 24.7. The maximum Gasteiger partial charge on any atom is 0.348 e. The van der Waals surface area contributed by atoms with Crippen molar-refractivity contribution in [2.45, 2.75) is 27.7 Å². The molecule has 0 saturated heterocycles. The molecule has 1 aromatic heterocycles. The highest BCUT2D eigenvalue weighted by atomic mass is 32.1. The molecule has 7 nitrogen and oxygen atoms in total. The molecule has 0 fully saturated rings. The predicted octanol–water partition coefficient (Wildman–Crippen LogP) is 4.55. The molecular weight excluding hydrogens is 404 g/mol. The fraction of sp³-hybridized carbons (Fsp3) is 0.318. The van der Waals surface area contributed by atoms with Crippen LogP contribution in [0.2, 0.25) is 0 Å². The molecule has 0 atom stereocenters. The number of anilines is 1. The van der Waals surface area contributed by atoms with Crippen molar-refractivity contribution in [3.8, 4) is 17.6 Å². The quantitative estimate of drug-likeness (QED) is 0.465. The summed E-state index contributed by atoms with van der Waals surface area (Å²) in [5, 5.41) is 12.4. The van der Waals surface area contributed by atoms with E-state index in [1.165, 1.54) is 6.08 Å². The first kappa shape index (κ1) is 23.0. The number of nitrogens with one attached hydrogen (secondary N) is 1. The highest BCUT2D eigenvalue weighted by Crippen LogP contribution is 2.33. The van der Waals surface area contributed by atoms with Gasteiger partial charge in [-0.25, -0.2) is 4.79 Å². The molecule has 2 aromatic rings. The molecule has 1 heterocycles. The summed E-state index contributed by atoms with van der Waals surface area (Å²) >= 11 is 1.03. The number of nitriles is 1. The topological polar surface area (TPSA) is 97.7 Å². The van der Waals surface area contributed by atoms with E-state index in [0.29, 0.717) is 40.2 Å². The van der Waals surface area contributed by atoms with Crippen LogP contribution < -0.4 is 14.8 Å². The molecule has 0 bridgehead atoms. The molecule has 0 aliphatic heterocycles. The van der Waals surface area contributed by atoms with Crippen molar-refractivity contribution in [3.63, 3.8) is 0 Å². The molecule has 1 aromatic carbocycles. The van der Waals surface area contributed by atoms with E-state index in [9.17, 15) is 14.9 Å². The zero-order valence-corrected chi connectivity index (χ0v) is 18.2. The third-order valence-electron chi connectivity index (χ3n) is 3.95. The number of thiophene rings is 1. The van der Waals surface area contributed by atoms with Gasteiger partial charge in [0.15, 0.2) is 11.5 Å². The lowest BCUT2D eigenvalue weighted by molar-refractivity contribution is -0.111. The van der Waals surface area contributed by atoms with Gasteiger partial charge in [-0.3, -0.25) is 4.79 Å². The maximum absolute atomic E-state index is 12.4. The zero-order valence-electron chi connectivity index (χ0n) is 17.4. The van der Waals surface area contributed by atoms with Crippen molar-refractivity contribution >= 4 is 34.3 Å². The number of ether oxygens (including phenoxy) is 3.